The Bertz CT molecular complexity index is 1370. The number of ether oxygens (including phenoxy) is 1. The molecule has 2 aromatic heterocycles. The van der Waals surface area contributed by atoms with Crippen LogP contribution in [0.5, 0.6) is 5.75 Å². The number of rotatable bonds is 8. The summed E-state index contributed by atoms with van der Waals surface area (Å²) in [6.45, 7) is 8.09. The summed E-state index contributed by atoms with van der Waals surface area (Å²) in [5, 5.41) is 6.61. The Morgan fingerprint density at radius 3 is 2.89 bits per heavy atom. The first-order valence-electron chi connectivity index (χ1n) is 12.7. The molecule has 38 heavy (non-hydrogen) atoms. The number of likely N-dealkylation sites (tertiary alicyclic amines) is 1. The third kappa shape index (κ3) is 5.76. The second-order valence-corrected chi connectivity index (χ2v) is 9.37. The van der Waals surface area contributed by atoms with Crippen molar-refractivity contribution in [2.24, 2.45) is 0 Å². The number of benzene rings is 1. The Morgan fingerprint density at radius 2 is 2.18 bits per heavy atom. The number of anilines is 2. The van der Waals surface area contributed by atoms with E-state index in [-0.39, 0.29) is 11.9 Å². The van der Waals surface area contributed by atoms with Crippen LogP contribution in [0.1, 0.15) is 35.1 Å². The fourth-order valence-electron chi connectivity index (χ4n) is 4.51. The minimum atomic E-state index is -0.954. The van der Waals surface area contributed by atoms with Crippen LogP contribution in [0.3, 0.4) is 0 Å². The first-order valence-corrected chi connectivity index (χ1v) is 12.7. The molecule has 3 heterocycles. The number of piperidine rings is 1. The zero-order chi connectivity index (χ0) is 27.2. The average molecular weight is 519 g/mol. The standard InChI is InChI=1S/C29H35FN6O2/c1-6-26-23(10-8-15-31-24-13-12-20(18-27(24)38-5)29(37)35(4)7-2)33-28-25(11-9-16-36(26)28)32-22-14-17-34(3)19-21(22)30/h6,9,11-13,16,18,21-22,31-32H,1,7,14-15,17,19H2,2-5H3/t21-,22+/m0/s1. The van der Waals surface area contributed by atoms with Crippen molar-refractivity contribution in [1.82, 2.24) is 19.2 Å². The zero-order valence-electron chi connectivity index (χ0n) is 22.4. The van der Waals surface area contributed by atoms with Gasteiger partial charge in [0.2, 0.25) is 0 Å². The number of methoxy groups -OCH3 is 1. The van der Waals surface area contributed by atoms with E-state index >= 15 is 0 Å². The number of hydrogen-bond acceptors (Lipinski definition) is 6. The molecule has 0 spiro atoms. The summed E-state index contributed by atoms with van der Waals surface area (Å²) in [5.41, 5.74) is 4.12. The number of nitrogens with zero attached hydrogens (tertiary/aromatic N) is 4. The predicted octanol–water partition coefficient (Wildman–Crippen LogP) is 4.00. The van der Waals surface area contributed by atoms with Gasteiger partial charge in [-0.05, 0) is 62.7 Å². The topological polar surface area (TPSA) is 74.1 Å². The SMILES string of the molecule is C=Cc1c(C#CCNc2ccc(C(=O)N(C)CC)cc2OC)nc2c(N[C@@H]3CCN(C)C[C@@H]3F)cccn12. The average Bonchev–Trinajstić information content (AvgIpc) is 3.30. The van der Waals surface area contributed by atoms with E-state index in [1.54, 1.807) is 37.3 Å². The lowest BCUT2D eigenvalue weighted by molar-refractivity contribution is 0.0802. The molecule has 4 rings (SSSR count). The number of imidazole rings is 1. The predicted molar refractivity (Wildman–Crippen MR) is 151 cm³/mol. The highest BCUT2D eigenvalue weighted by molar-refractivity contribution is 5.95. The molecular formula is C29H35FN6O2. The summed E-state index contributed by atoms with van der Waals surface area (Å²) in [4.78, 5) is 20.9. The van der Waals surface area contributed by atoms with Gasteiger partial charge in [-0.3, -0.25) is 9.20 Å². The lowest BCUT2D eigenvalue weighted by atomic mass is 10.0. The van der Waals surface area contributed by atoms with Crippen molar-refractivity contribution in [2.75, 3.05) is 58.0 Å². The quantitative estimate of drug-likeness (QED) is 0.440. The Morgan fingerprint density at radius 1 is 1.37 bits per heavy atom. The number of carbonyl (C=O) groups is 1. The van der Waals surface area contributed by atoms with E-state index in [2.05, 4.69) is 29.1 Å². The van der Waals surface area contributed by atoms with Crippen molar-refractivity contribution in [3.05, 3.63) is 60.1 Å². The summed E-state index contributed by atoms with van der Waals surface area (Å²) in [6, 6.07) is 8.87. The molecule has 0 aliphatic carbocycles. The summed E-state index contributed by atoms with van der Waals surface area (Å²) in [5.74, 6) is 6.75. The molecule has 0 bridgehead atoms. The molecular weight excluding hydrogens is 483 g/mol. The van der Waals surface area contributed by atoms with Gasteiger partial charge < -0.3 is 25.2 Å². The van der Waals surface area contributed by atoms with E-state index in [1.165, 1.54) is 0 Å². The lowest BCUT2D eigenvalue weighted by Gasteiger charge is -2.33. The molecule has 2 N–H and O–H groups in total. The Labute approximate surface area is 223 Å². The molecule has 2 atom stereocenters. The molecule has 1 amide bonds. The van der Waals surface area contributed by atoms with Gasteiger partial charge in [0.25, 0.3) is 5.91 Å². The van der Waals surface area contributed by atoms with Gasteiger partial charge in [0.15, 0.2) is 5.65 Å². The highest BCUT2D eigenvalue weighted by atomic mass is 19.1. The number of pyridine rings is 1. The molecule has 0 radical (unpaired) electrons. The van der Waals surface area contributed by atoms with E-state index in [0.717, 1.165) is 30.0 Å². The fourth-order valence-corrected chi connectivity index (χ4v) is 4.51. The van der Waals surface area contributed by atoms with Crippen LogP contribution >= 0.6 is 0 Å². The minimum absolute atomic E-state index is 0.0624. The van der Waals surface area contributed by atoms with Gasteiger partial charge in [-0.15, -0.1) is 0 Å². The van der Waals surface area contributed by atoms with Crippen LogP contribution in [0.4, 0.5) is 15.8 Å². The van der Waals surface area contributed by atoms with Gasteiger partial charge >= 0.3 is 0 Å². The van der Waals surface area contributed by atoms with Gasteiger partial charge in [-0.2, -0.15) is 0 Å². The molecule has 1 aliphatic heterocycles. The molecule has 8 nitrogen and oxygen atoms in total. The number of carbonyl (C=O) groups excluding carboxylic acids is 1. The number of alkyl halides is 1. The molecule has 1 aromatic carbocycles. The maximum absolute atomic E-state index is 14.6. The van der Waals surface area contributed by atoms with Crippen molar-refractivity contribution in [3.63, 3.8) is 0 Å². The van der Waals surface area contributed by atoms with Gasteiger partial charge in [0, 0.05) is 38.4 Å². The fraction of sp³-hybridized carbons (Fsp3) is 0.379. The van der Waals surface area contributed by atoms with Crippen LogP contribution < -0.4 is 15.4 Å². The van der Waals surface area contributed by atoms with Crippen LogP contribution in [-0.2, 0) is 0 Å². The van der Waals surface area contributed by atoms with Crippen LogP contribution in [0.25, 0.3) is 11.7 Å². The largest absolute Gasteiger partial charge is 0.495 e. The molecule has 0 saturated carbocycles. The van der Waals surface area contributed by atoms with Gasteiger partial charge in [-0.1, -0.05) is 12.5 Å². The third-order valence-corrected chi connectivity index (χ3v) is 6.81. The molecule has 1 aliphatic rings. The van der Waals surface area contributed by atoms with Crippen molar-refractivity contribution >= 4 is 29.0 Å². The van der Waals surface area contributed by atoms with Crippen molar-refractivity contribution in [2.45, 2.75) is 25.6 Å². The molecule has 9 heteroatoms. The summed E-state index contributed by atoms with van der Waals surface area (Å²) < 4.78 is 22.0. The van der Waals surface area contributed by atoms with Crippen molar-refractivity contribution in [3.8, 4) is 17.6 Å². The molecule has 0 unspecified atom stereocenters. The van der Waals surface area contributed by atoms with E-state index in [1.807, 2.05) is 47.7 Å². The number of amides is 1. The van der Waals surface area contributed by atoms with Crippen LogP contribution in [0.15, 0.2) is 43.1 Å². The number of hydrogen-bond donors (Lipinski definition) is 2. The molecule has 200 valence electrons. The lowest BCUT2D eigenvalue weighted by Crippen LogP contribution is -2.46. The highest BCUT2D eigenvalue weighted by Crippen LogP contribution is 2.27. The second-order valence-electron chi connectivity index (χ2n) is 9.37. The Hall–Kier alpha value is -4.03. The van der Waals surface area contributed by atoms with E-state index in [0.29, 0.717) is 42.3 Å². The maximum Gasteiger partial charge on any atom is 0.253 e. The maximum atomic E-state index is 14.6. The monoisotopic (exact) mass is 518 g/mol. The van der Waals surface area contributed by atoms with E-state index in [9.17, 15) is 9.18 Å². The summed E-state index contributed by atoms with van der Waals surface area (Å²) in [7, 11) is 5.27. The van der Waals surface area contributed by atoms with E-state index < -0.39 is 6.17 Å². The van der Waals surface area contributed by atoms with Crippen LogP contribution in [0.2, 0.25) is 0 Å². The van der Waals surface area contributed by atoms with Crippen molar-refractivity contribution < 1.29 is 13.9 Å². The Balaban J connectivity index is 1.51. The number of nitrogens with one attached hydrogen (secondary N) is 2. The zero-order valence-corrected chi connectivity index (χ0v) is 22.4. The van der Waals surface area contributed by atoms with Gasteiger partial charge in [-0.25, -0.2) is 9.37 Å². The van der Waals surface area contributed by atoms with Crippen LogP contribution in [-0.4, -0.2) is 84.7 Å². The van der Waals surface area contributed by atoms with E-state index in [4.69, 9.17) is 9.72 Å². The minimum Gasteiger partial charge on any atom is -0.495 e. The summed E-state index contributed by atoms with van der Waals surface area (Å²) >= 11 is 0. The number of aromatic nitrogens is 2. The second kappa shape index (κ2) is 12.0. The molecule has 1 saturated heterocycles. The third-order valence-electron chi connectivity index (χ3n) is 6.81. The first kappa shape index (κ1) is 27.0. The highest BCUT2D eigenvalue weighted by Gasteiger charge is 2.28. The first-order chi connectivity index (χ1) is 18.4. The smallest absolute Gasteiger partial charge is 0.253 e. The van der Waals surface area contributed by atoms with Crippen LogP contribution in [0, 0.1) is 11.8 Å². The van der Waals surface area contributed by atoms with Gasteiger partial charge in [0.05, 0.1) is 36.8 Å². The number of fused-ring (bicyclic) bond motifs is 1. The van der Waals surface area contributed by atoms with Gasteiger partial charge in [0.1, 0.15) is 17.6 Å². The molecule has 1 fully saturated rings. The Kier molecular flexibility index (Phi) is 8.54. The normalized spacial score (nSPS) is 17.4. The number of halogens is 1. The van der Waals surface area contributed by atoms with Crippen molar-refractivity contribution in [1.29, 1.82) is 0 Å². The summed E-state index contributed by atoms with van der Waals surface area (Å²) in [6.07, 6.45) is 3.39. The molecule has 3 aromatic rings.